The maximum Gasteiger partial charge on any atom is 0.490 e. The Bertz CT molecular complexity index is 1710. The molecule has 246 valence electrons. The summed E-state index contributed by atoms with van der Waals surface area (Å²) in [7, 11) is 2.14. The van der Waals surface area contributed by atoms with Crippen LogP contribution < -0.4 is 11.1 Å². The summed E-state index contributed by atoms with van der Waals surface area (Å²) >= 11 is 12.6. The standard InChI is InChI=1S/C26H29Cl2N9O2.C2HF3O2/c1-34-9-11-35(12-10-34)15-19-14-24-26(30-8-2-3-18-5-7-23(37(38)39)25(29)31-18)32-22(16-36(24)33-19)20-6-4-17(27)13-21(20)28;3-2(4,5)1(6)7/h4-7,13-14,16H,2-3,8-12,15H2,1H3,(H2,29,31)(H,30,32);(H,6,7). The van der Waals surface area contributed by atoms with Gasteiger partial charge in [0.15, 0.2) is 5.82 Å². The highest BCUT2D eigenvalue weighted by molar-refractivity contribution is 6.36. The molecule has 5 rings (SSSR count). The van der Waals surface area contributed by atoms with Gasteiger partial charge in [-0.25, -0.2) is 19.3 Å². The summed E-state index contributed by atoms with van der Waals surface area (Å²) in [4.78, 5) is 33.1. The molecular weight excluding hydrogens is 654 g/mol. The topological polar surface area (TPSA) is 168 Å². The van der Waals surface area contributed by atoms with Crippen LogP contribution in [0.2, 0.25) is 10.0 Å². The minimum Gasteiger partial charge on any atom is -0.475 e. The Hall–Kier alpha value is -4.25. The molecule has 0 bridgehead atoms. The van der Waals surface area contributed by atoms with E-state index in [4.69, 9.17) is 48.9 Å². The van der Waals surface area contributed by atoms with E-state index >= 15 is 0 Å². The number of nitro groups is 1. The third kappa shape index (κ3) is 9.15. The molecule has 0 aliphatic carbocycles. The molecule has 1 fully saturated rings. The zero-order chi connectivity index (χ0) is 33.6. The number of carboxylic acid groups (broad SMARTS) is 1. The molecule has 13 nitrogen and oxygen atoms in total. The number of hydrogen-bond acceptors (Lipinski definition) is 10. The summed E-state index contributed by atoms with van der Waals surface area (Å²) in [6.07, 6.45) is -1.89. The highest BCUT2D eigenvalue weighted by Crippen LogP contribution is 2.31. The maximum absolute atomic E-state index is 11.0. The van der Waals surface area contributed by atoms with Crippen molar-refractivity contribution in [2.75, 3.05) is 50.8 Å². The normalized spacial score (nSPS) is 14.1. The molecule has 0 radical (unpaired) electrons. The Morgan fingerprint density at radius 1 is 1.11 bits per heavy atom. The lowest BCUT2D eigenvalue weighted by molar-refractivity contribution is -0.384. The van der Waals surface area contributed by atoms with Gasteiger partial charge >= 0.3 is 17.8 Å². The molecule has 3 aromatic heterocycles. The Labute approximate surface area is 270 Å². The first-order valence-electron chi connectivity index (χ1n) is 13.9. The van der Waals surface area contributed by atoms with E-state index in [1.165, 1.54) is 6.07 Å². The van der Waals surface area contributed by atoms with Crippen molar-refractivity contribution < 1.29 is 28.0 Å². The number of carbonyl (C=O) groups is 1. The summed E-state index contributed by atoms with van der Waals surface area (Å²) in [5.41, 5.74) is 9.51. The number of piperazine rings is 1. The fraction of sp³-hybridized carbons (Fsp3) is 0.357. The van der Waals surface area contributed by atoms with Crippen molar-refractivity contribution in [2.45, 2.75) is 25.6 Å². The second-order valence-electron chi connectivity index (χ2n) is 10.4. The van der Waals surface area contributed by atoms with Gasteiger partial charge in [-0.3, -0.25) is 15.0 Å². The number of carboxylic acids is 1. The summed E-state index contributed by atoms with van der Waals surface area (Å²) in [5, 5.41) is 27.5. The number of benzene rings is 1. The van der Waals surface area contributed by atoms with Gasteiger partial charge in [-0.05, 0) is 50.2 Å². The predicted octanol–water partition coefficient (Wildman–Crippen LogP) is 5.01. The van der Waals surface area contributed by atoms with E-state index in [1.807, 2.05) is 16.8 Å². The number of aryl methyl sites for hydroxylation is 1. The molecule has 1 aromatic carbocycles. The van der Waals surface area contributed by atoms with Gasteiger partial charge in [0, 0.05) is 61.6 Å². The van der Waals surface area contributed by atoms with Gasteiger partial charge < -0.3 is 21.1 Å². The van der Waals surface area contributed by atoms with Crippen molar-refractivity contribution in [2.24, 2.45) is 0 Å². The Kier molecular flexibility index (Phi) is 11.2. The number of hydrogen-bond donors (Lipinski definition) is 3. The monoisotopic (exact) mass is 683 g/mol. The van der Waals surface area contributed by atoms with Crippen LogP contribution >= 0.6 is 23.2 Å². The van der Waals surface area contributed by atoms with Gasteiger partial charge in [0.1, 0.15) is 5.52 Å². The number of fused-ring (bicyclic) bond motifs is 1. The van der Waals surface area contributed by atoms with Gasteiger partial charge in [0.2, 0.25) is 5.82 Å². The minimum atomic E-state index is -5.08. The van der Waals surface area contributed by atoms with Crippen molar-refractivity contribution >= 4 is 52.0 Å². The van der Waals surface area contributed by atoms with E-state index in [0.717, 1.165) is 49.5 Å². The molecule has 1 aliphatic heterocycles. The number of nitrogens with one attached hydrogen (secondary N) is 1. The molecular formula is C28H30Cl2F3N9O4. The van der Waals surface area contributed by atoms with E-state index in [1.54, 1.807) is 18.2 Å². The highest BCUT2D eigenvalue weighted by Gasteiger charge is 2.38. The van der Waals surface area contributed by atoms with Crippen molar-refractivity contribution in [3.8, 4) is 11.3 Å². The average molecular weight is 685 g/mol. The van der Waals surface area contributed by atoms with E-state index in [-0.39, 0.29) is 11.5 Å². The molecule has 0 spiro atoms. The van der Waals surface area contributed by atoms with Crippen LogP contribution in [0.3, 0.4) is 0 Å². The Morgan fingerprint density at radius 2 is 1.80 bits per heavy atom. The van der Waals surface area contributed by atoms with Crippen LogP contribution in [0.5, 0.6) is 0 Å². The summed E-state index contributed by atoms with van der Waals surface area (Å²) in [5.74, 6) is -2.15. The number of aromatic nitrogens is 4. The molecule has 4 aromatic rings. The third-order valence-corrected chi connectivity index (χ3v) is 7.54. The van der Waals surface area contributed by atoms with E-state index in [0.29, 0.717) is 46.6 Å². The number of nitrogens with two attached hydrogens (primary N) is 1. The van der Waals surface area contributed by atoms with Crippen molar-refractivity contribution in [3.05, 3.63) is 74.1 Å². The number of rotatable bonds is 9. The number of nitrogen functional groups attached to an aromatic ring is 1. The first kappa shape index (κ1) is 34.6. The number of halogens is 5. The average Bonchev–Trinajstić information content (AvgIpc) is 3.38. The van der Waals surface area contributed by atoms with Crippen LogP contribution in [0, 0.1) is 10.1 Å². The van der Waals surface area contributed by atoms with Crippen LogP contribution in [-0.2, 0) is 17.8 Å². The smallest absolute Gasteiger partial charge is 0.475 e. The molecule has 46 heavy (non-hydrogen) atoms. The second-order valence-corrected chi connectivity index (χ2v) is 11.3. The van der Waals surface area contributed by atoms with Crippen LogP contribution in [0.25, 0.3) is 16.8 Å². The molecule has 4 N–H and O–H groups in total. The van der Waals surface area contributed by atoms with Crippen molar-refractivity contribution in [1.29, 1.82) is 0 Å². The minimum absolute atomic E-state index is 0.0754. The SMILES string of the molecule is CN1CCN(Cc2cc3c(NCCCc4ccc([N+](=O)[O-])c(N)n4)nc(-c4ccc(Cl)cc4Cl)cn3n2)CC1.O=C(O)C(F)(F)F. The van der Waals surface area contributed by atoms with Crippen LogP contribution in [0.1, 0.15) is 17.8 Å². The first-order valence-corrected chi connectivity index (χ1v) is 14.7. The fourth-order valence-corrected chi connectivity index (χ4v) is 5.10. The molecule has 0 saturated carbocycles. The largest absolute Gasteiger partial charge is 0.490 e. The van der Waals surface area contributed by atoms with Crippen molar-refractivity contribution in [3.63, 3.8) is 0 Å². The summed E-state index contributed by atoms with van der Waals surface area (Å²) in [6.45, 7) is 5.44. The number of aliphatic carboxylic acids is 1. The predicted molar refractivity (Wildman–Crippen MR) is 167 cm³/mol. The van der Waals surface area contributed by atoms with Crippen LogP contribution in [-0.4, -0.2) is 91.3 Å². The number of alkyl halides is 3. The number of likely N-dealkylation sites (N-methyl/N-ethyl adjacent to an activating group) is 1. The Balaban J connectivity index is 0.000000617. The molecule has 0 amide bonds. The van der Waals surface area contributed by atoms with Gasteiger partial charge in [-0.15, -0.1) is 0 Å². The van der Waals surface area contributed by atoms with Gasteiger partial charge in [0.05, 0.1) is 27.5 Å². The molecule has 1 saturated heterocycles. The van der Waals surface area contributed by atoms with E-state index in [9.17, 15) is 23.3 Å². The van der Waals surface area contributed by atoms with Crippen LogP contribution in [0.4, 0.5) is 30.5 Å². The molecule has 0 atom stereocenters. The van der Waals surface area contributed by atoms with Gasteiger partial charge in [0.25, 0.3) is 0 Å². The zero-order valence-corrected chi connectivity index (χ0v) is 26.0. The van der Waals surface area contributed by atoms with E-state index < -0.39 is 17.1 Å². The lowest BCUT2D eigenvalue weighted by Crippen LogP contribution is -2.43. The van der Waals surface area contributed by atoms with Crippen molar-refractivity contribution in [1.82, 2.24) is 29.4 Å². The highest BCUT2D eigenvalue weighted by atomic mass is 35.5. The number of pyridine rings is 1. The third-order valence-electron chi connectivity index (χ3n) is 7.00. The first-order chi connectivity index (χ1) is 21.7. The Morgan fingerprint density at radius 3 is 2.41 bits per heavy atom. The van der Waals surface area contributed by atoms with E-state index in [2.05, 4.69) is 33.2 Å². The lowest BCUT2D eigenvalue weighted by Gasteiger charge is -2.31. The van der Waals surface area contributed by atoms with Gasteiger partial charge in [-0.1, -0.05) is 23.2 Å². The van der Waals surface area contributed by atoms with Gasteiger partial charge in [-0.2, -0.15) is 18.3 Å². The lowest BCUT2D eigenvalue weighted by atomic mass is 10.1. The summed E-state index contributed by atoms with van der Waals surface area (Å²) < 4.78 is 33.6. The molecule has 1 aliphatic rings. The number of nitrogens with zero attached hydrogens (tertiary/aromatic N) is 7. The molecule has 4 heterocycles. The maximum atomic E-state index is 11.0. The van der Waals surface area contributed by atoms with Crippen LogP contribution in [0.15, 0.2) is 42.6 Å². The molecule has 18 heteroatoms. The second kappa shape index (κ2) is 14.9. The zero-order valence-electron chi connectivity index (χ0n) is 24.5. The number of anilines is 2. The fourth-order valence-electron chi connectivity index (χ4n) is 4.59. The molecule has 0 unspecified atom stereocenters. The quantitative estimate of drug-likeness (QED) is 0.123. The summed E-state index contributed by atoms with van der Waals surface area (Å²) in [6, 6.07) is 10.4.